The van der Waals surface area contributed by atoms with Crippen molar-refractivity contribution in [1.29, 1.82) is 0 Å². The van der Waals surface area contributed by atoms with Crippen molar-refractivity contribution in [2.45, 2.75) is 26.8 Å². The third kappa shape index (κ3) is 3.91. The molecule has 5 nitrogen and oxygen atoms in total. The fourth-order valence-electron chi connectivity index (χ4n) is 1.64. The van der Waals surface area contributed by atoms with Crippen LogP contribution < -0.4 is 11.3 Å². The standard InChI is InChI=1S/C13H21N3O2/c1-4-10(2)7-15(3)13(18)9-16-8-11(14)5-6-12(16)17/h5-6,8,10H,4,7,9,14H2,1-3H3. The minimum Gasteiger partial charge on any atom is -0.398 e. The van der Waals surface area contributed by atoms with Gasteiger partial charge in [-0.15, -0.1) is 0 Å². The molecule has 1 amide bonds. The number of carbonyl (C=O) groups excluding carboxylic acids is 1. The monoisotopic (exact) mass is 251 g/mol. The Morgan fingerprint density at radius 3 is 2.78 bits per heavy atom. The maximum absolute atomic E-state index is 12.0. The minimum atomic E-state index is -0.213. The zero-order valence-corrected chi connectivity index (χ0v) is 11.2. The number of aromatic nitrogens is 1. The predicted molar refractivity (Wildman–Crippen MR) is 72.2 cm³/mol. The van der Waals surface area contributed by atoms with Crippen LogP contribution in [0.15, 0.2) is 23.1 Å². The van der Waals surface area contributed by atoms with Gasteiger partial charge < -0.3 is 15.2 Å². The van der Waals surface area contributed by atoms with Crippen molar-refractivity contribution in [2.24, 2.45) is 5.92 Å². The second-order valence-corrected chi connectivity index (χ2v) is 4.72. The second-order valence-electron chi connectivity index (χ2n) is 4.72. The molecule has 0 saturated carbocycles. The fourth-order valence-corrected chi connectivity index (χ4v) is 1.64. The van der Waals surface area contributed by atoms with Crippen LogP contribution in [-0.2, 0) is 11.3 Å². The van der Waals surface area contributed by atoms with Crippen molar-refractivity contribution in [1.82, 2.24) is 9.47 Å². The van der Waals surface area contributed by atoms with Gasteiger partial charge in [0.05, 0.1) is 0 Å². The highest BCUT2D eigenvalue weighted by Gasteiger charge is 2.12. The van der Waals surface area contributed by atoms with E-state index >= 15 is 0 Å². The van der Waals surface area contributed by atoms with E-state index in [9.17, 15) is 9.59 Å². The molecule has 0 aromatic carbocycles. The van der Waals surface area contributed by atoms with Gasteiger partial charge >= 0.3 is 0 Å². The normalized spacial score (nSPS) is 12.2. The van der Waals surface area contributed by atoms with E-state index in [1.165, 1.54) is 22.9 Å². The van der Waals surface area contributed by atoms with Crippen LogP contribution in [0.4, 0.5) is 5.69 Å². The maximum Gasteiger partial charge on any atom is 0.251 e. The number of hydrogen-bond donors (Lipinski definition) is 1. The van der Waals surface area contributed by atoms with Gasteiger partial charge in [0.2, 0.25) is 5.91 Å². The first-order chi connectivity index (χ1) is 8.43. The number of hydrogen-bond acceptors (Lipinski definition) is 3. The summed E-state index contributed by atoms with van der Waals surface area (Å²) in [5.74, 6) is 0.375. The molecule has 5 heteroatoms. The number of nitrogens with zero attached hydrogens (tertiary/aromatic N) is 2. The van der Waals surface area contributed by atoms with Gasteiger partial charge in [0.15, 0.2) is 0 Å². The Morgan fingerprint density at radius 2 is 2.17 bits per heavy atom. The minimum absolute atomic E-state index is 0.0385. The molecule has 1 heterocycles. The van der Waals surface area contributed by atoms with Crippen LogP contribution in [0.3, 0.4) is 0 Å². The van der Waals surface area contributed by atoms with Crippen molar-refractivity contribution in [3.8, 4) is 0 Å². The molecule has 0 spiro atoms. The van der Waals surface area contributed by atoms with Gasteiger partial charge in [0.25, 0.3) is 5.56 Å². The summed E-state index contributed by atoms with van der Waals surface area (Å²) in [6.07, 6.45) is 2.52. The van der Waals surface area contributed by atoms with Crippen molar-refractivity contribution < 1.29 is 4.79 Å². The van der Waals surface area contributed by atoms with Crippen LogP contribution in [0.2, 0.25) is 0 Å². The molecule has 0 saturated heterocycles. The number of pyridine rings is 1. The molecule has 0 aliphatic carbocycles. The summed E-state index contributed by atoms with van der Waals surface area (Å²) in [5, 5.41) is 0. The van der Waals surface area contributed by atoms with Crippen molar-refractivity contribution >= 4 is 11.6 Å². The van der Waals surface area contributed by atoms with E-state index in [1.54, 1.807) is 11.9 Å². The summed E-state index contributed by atoms with van der Waals surface area (Å²) in [6, 6.07) is 2.91. The second kappa shape index (κ2) is 6.23. The first-order valence-electron chi connectivity index (χ1n) is 6.14. The highest BCUT2D eigenvalue weighted by atomic mass is 16.2. The summed E-state index contributed by atoms with van der Waals surface area (Å²) >= 11 is 0. The summed E-state index contributed by atoms with van der Waals surface area (Å²) in [4.78, 5) is 25.2. The van der Waals surface area contributed by atoms with Crippen LogP contribution in [0.5, 0.6) is 0 Å². The Labute approximate surface area is 107 Å². The Bertz CT molecular complexity index is 468. The molecule has 0 aliphatic heterocycles. The molecular formula is C13H21N3O2. The van der Waals surface area contributed by atoms with E-state index in [-0.39, 0.29) is 18.0 Å². The highest BCUT2D eigenvalue weighted by molar-refractivity contribution is 5.75. The lowest BCUT2D eigenvalue weighted by Crippen LogP contribution is -2.36. The zero-order valence-electron chi connectivity index (χ0n) is 11.2. The Balaban J connectivity index is 2.69. The SMILES string of the molecule is CCC(C)CN(C)C(=O)Cn1cc(N)ccc1=O. The largest absolute Gasteiger partial charge is 0.398 e. The highest BCUT2D eigenvalue weighted by Crippen LogP contribution is 2.03. The van der Waals surface area contributed by atoms with Crippen molar-refractivity contribution in [3.63, 3.8) is 0 Å². The van der Waals surface area contributed by atoms with Gasteiger partial charge in [-0.1, -0.05) is 20.3 Å². The van der Waals surface area contributed by atoms with Crippen molar-refractivity contribution in [2.75, 3.05) is 19.3 Å². The van der Waals surface area contributed by atoms with E-state index in [0.717, 1.165) is 6.42 Å². The number of nitrogen functional groups attached to an aromatic ring is 1. The van der Waals surface area contributed by atoms with Gasteiger partial charge in [-0.25, -0.2) is 0 Å². The van der Waals surface area contributed by atoms with Gasteiger partial charge in [-0.2, -0.15) is 0 Å². The predicted octanol–water partition coefficient (Wildman–Crippen LogP) is 0.935. The lowest BCUT2D eigenvalue weighted by atomic mass is 10.1. The van der Waals surface area contributed by atoms with Crippen LogP contribution in [0.1, 0.15) is 20.3 Å². The number of anilines is 1. The quantitative estimate of drug-likeness (QED) is 0.846. The van der Waals surface area contributed by atoms with Crippen LogP contribution in [0.25, 0.3) is 0 Å². The molecule has 1 aromatic rings. The lowest BCUT2D eigenvalue weighted by Gasteiger charge is -2.21. The molecule has 0 radical (unpaired) electrons. The number of nitrogens with two attached hydrogens (primary N) is 1. The zero-order chi connectivity index (χ0) is 13.7. The van der Waals surface area contributed by atoms with E-state index < -0.39 is 0 Å². The average molecular weight is 251 g/mol. The van der Waals surface area contributed by atoms with E-state index in [1.807, 2.05) is 0 Å². The first kappa shape index (κ1) is 14.3. The smallest absolute Gasteiger partial charge is 0.251 e. The molecule has 2 N–H and O–H groups in total. The summed E-state index contributed by atoms with van der Waals surface area (Å²) < 4.78 is 1.34. The third-order valence-corrected chi connectivity index (χ3v) is 3.02. The summed E-state index contributed by atoms with van der Waals surface area (Å²) in [7, 11) is 1.76. The Morgan fingerprint density at radius 1 is 1.50 bits per heavy atom. The fraction of sp³-hybridized carbons (Fsp3) is 0.538. The topological polar surface area (TPSA) is 68.3 Å². The molecule has 18 heavy (non-hydrogen) atoms. The molecule has 0 aliphatic rings. The lowest BCUT2D eigenvalue weighted by molar-refractivity contribution is -0.131. The van der Waals surface area contributed by atoms with Gasteiger partial charge in [-0.05, 0) is 12.0 Å². The molecule has 0 fully saturated rings. The van der Waals surface area contributed by atoms with Gasteiger partial charge in [-0.3, -0.25) is 9.59 Å². The Kier molecular flexibility index (Phi) is 4.95. The van der Waals surface area contributed by atoms with Gasteiger partial charge in [0, 0.05) is 31.5 Å². The molecule has 0 bridgehead atoms. The molecular weight excluding hydrogens is 230 g/mol. The number of carbonyl (C=O) groups is 1. The van der Waals surface area contributed by atoms with E-state index in [4.69, 9.17) is 5.73 Å². The summed E-state index contributed by atoms with van der Waals surface area (Å²) in [5.41, 5.74) is 5.86. The molecule has 1 rings (SSSR count). The van der Waals surface area contributed by atoms with Crippen LogP contribution in [0, 0.1) is 5.92 Å². The van der Waals surface area contributed by atoms with Gasteiger partial charge in [0.1, 0.15) is 6.54 Å². The van der Waals surface area contributed by atoms with Crippen LogP contribution >= 0.6 is 0 Å². The molecule has 1 unspecified atom stereocenters. The first-order valence-corrected chi connectivity index (χ1v) is 6.14. The number of amides is 1. The average Bonchev–Trinajstić information content (AvgIpc) is 2.33. The van der Waals surface area contributed by atoms with Crippen molar-refractivity contribution in [3.05, 3.63) is 28.7 Å². The number of likely N-dealkylation sites (N-methyl/N-ethyl adjacent to an activating group) is 1. The summed E-state index contributed by atoms with van der Waals surface area (Å²) in [6.45, 7) is 4.92. The maximum atomic E-state index is 12.0. The molecule has 1 atom stereocenters. The third-order valence-electron chi connectivity index (χ3n) is 3.02. The van der Waals surface area contributed by atoms with E-state index in [2.05, 4.69) is 13.8 Å². The molecule has 1 aromatic heterocycles. The number of rotatable bonds is 5. The molecule has 100 valence electrons. The van der Waals surface area contributed by atoms with Crippen LogP contribution in [-0.4, -0.2) is 29.0 Å². The Hall–Kier alpha value is -1.78. The van der Waals surface area contributed by atoms with E-state index in [0.29, 0.717) is 18.2 Å².